The predicted molar refractivity (Wildman–Crippen MR) is 97.5 cm³/mol. The fourth-order valence-corrected chi connectivity index (χ4v) is 3.81. The average molecular weight is 318 g/mol. The van der Waals surface area contributed by atoms with Crippen LogP contribution in [-0.2, 0) is 12.8 Å². The Hall–Kier alpha value is -2.55. The van der Waals surface area contributed by atoms with Gasteiger partial charge in [0.05, 0.1) is 0 Å². The van der Waals surface area contributed by atoms with Crippen LogP contribution in [0.5, 0.6) is 0 Å². The van der Waals surface area contributed by atoms with Gasteiger partial charge in [-0.25, -0.2) is 0 Å². The van der Waals surface area contributed by atoms with Gasteiger partial charge in [0.1, 0.15) is 5.69 Å². The van der Waals surface area contributed by atoms with Crippen LogP contribution in [0.1, 0.15) is 39.2 Å². The van der Waals surface area contributed by atoms with Crippen molar-refractivity contribution in [1.82, 2.24) is 10.3 Å². The number of nitrogens with one attached hydrogen (secondary N) is 2. The third kappa shape index (κ3) is 2.71. The molecule has 0 saturated carbocycles. The molecule has 0 bridgehead atoms. The second kappa shape index (κ2) is 5.82. The fourth-order valence-electron chi connectivity index (χ4n) is 3.81. The Kier molecular flexibility index (Phi) is 3.64. The standard InChI is InChI=1S/C21H22N2O/c1-13-9-14(2)18-12-20(23-19(18)10-13)21(24)22-17-8-7-15-5-3-4-6-16(15)11-17/h3-6,9-10,12,17,23H,7-8,11H2,1-2H3,(H,22,24). The van der Waals surface area contributed by atoms with Crippen LogP contribution in [0, 0.1) is 13.8 Å². The number of fused-ring (bicyclic) bond motifs is 2. The van der Waals surface area contributed by atoms with Gasteiger partial charge in [0.2, 0.25) is 0 Å². The molecular weight excluding hydrogens is 296 g/mol. The zero-order chi connectivity index (χ0) is 16.7. The van der Waals surface area contributed by atoms with Crippen molar-refractivity contribution in [2.24, 2.45) is 0 Å². The van der Waals surface area contributed by atoms with E-state index in [0.717, 1.165) is 30.2 Å². The maximum Gasteiger partial charge on any atom is 0.267 e. The van der Waals surface area contributed by atoms with Gasteiger partial charge in [0.25, 0.3) is 5.91 Å². The number of carbonyl (C=O) groups excluding carboxylic acids is 1. The maximum absolute atomic E-state index is 12.6. The molecule has 24 heavy (non-hydrogen) atoms. The van der Waals surface area contributed by atoms with Crippen LogP contribution in [0.15, 0.2) is 42.5 Å². The van der Waals surface area contributed by atoms with Crippen LogP contribution in [-0.4, -0.2) is 16.9 Å². The van der Waals surface area contributed by atoms with Crippen molar-refractivity contribution >= 4 is 16.8 Å². The summed E-state index contributed by atoms with van der Waals surface area (Å²) in [7, 11) is 0. The van der Waals surface area contributed by atoms with Crippen LogP contribution in [0.3, 0.4) is 0 Å². The topological polar surface area (TPSA) is 44.9 Å². The fraction of sp³-hybridized carbons (Fsp3) is 0.286. The van der Waals surface area contributed by atoms with E-state index in [1.807, 2.05) is 6.07 Å². The normalized spacial score (nSPS) is 16.8. The number of benzene rings is 2. The van der Waals surface area contributed by atoms with Crippen LogP contribution in [0.25, 0.3) is 10.9 Å². The lowest BCUT2D eigenvalue weighted by molar-refractivity contribution is 0.0929. The molecule has 3 heteroatoms. The van der Waals surface area contributed by atoms with E-state index in [1.54, 1.807) is 0 Å². The predicted octanol–water partition coefficient (Wildman–Crippen LogP) is 4.07. The largest absolute Gasteiger partial charge is 0.351 e. The summed E-state index contributed by atoms with van der Waals surface area (Å²) in [5, 5.41) is 4.33. The van der Waals surface area contributed by atoms with Crippen molar-refractivity contribution < 1.29 is 4.79 Å². The van der Waals surface area contributed by atoms with Crippen molar-refractivity contribution in [3.63, 3.8) is 0 Å². The lowest BCUT2D eigenvalue weighted by Crippen LogP contribution is -2.38. The van der Waals surface area contributed by atoms with Crippen LogP contribution in [0.4, 0.5) is 0 Å². The van der Waals surface area contributed by atoms with Crippen molar-refractivity contribution in [2.45, 2.75) is 39.2 Å². The number of hydrogen-bond donors (Lipinski definition) is 2. The molecule has 1 atom stereocenters. The molecule has 2 N–H and O–H groups in total. The number of aromatic nitrogens is 1. The molecule has 3 aromatic rings. The van der Waals surface area contributed by atoms with E-state index in [9.17, 15) is 4.79 Å². The number of hydrogen-bond acceptors (Lipinski definition) is 1. The number of aryl methyl sites for hydroxylation is 3. The highest BCUT2D eigenvalue weighted by molar-refractivity contribution is 5.99. The Bertz CT molecular complexity index is 923. The van der Waals surface area contributed by atoms with Gasteiger partial charge in [-0.2, -0.15) is 0 Å². The van der Waals surface area contributed by atoms with Crippen molar-refractivity contribution in [2.75, 3.05) is 0 Å². The van der Waals surface area contributed by atoms with E-state index >= 15 is 0 Å². The van der Waals surface area contributed by atoms with E-state index in [1.165, 1.54) is 22.3 Å². The summed E-state index contributed by atoms with van der Waals surface area (Å²) in [5.41, 5.74) is 6.87. The maximum atomic E-state index is 12.6. The van der Waals surface area contributed by atoms with Crippen LogP contribution < -0.4 is 5.32 Å². The zero-order valence-corrected chi connectivity index (χ0v) is 14.1. The summed E-state index contributed by atoms with van der Waals surface area (Å²) in [6.07, 6.45) is 2.95. The first-order valence-electron chi connectivity index (χ1n) is 8.58. The Balaban J connectivity index is 1.54. The minimum Gasteiger partial charge on any atom is -0.351 e. The Morgan fingerprint density at radius 2 is 1.92 bits per heavy atom. The molecule has 0 spiro atoms. The molecule has 2 aromatic carbocycles. The second-order valence-corrected chi connectivity index (χ2v) is 6.91. The van der Waals surface area contributed by atoms with E-state index in [-0.39, 0.29) is 11.9 Å². The van der Waals surface area contributed by atoms with Gasteiger partial charge >= 0.3 is 0 Å². The van der Waals surface area contributed by atoms with Gasteiger partial charge in [-0.05, 0) is 67.5 Å². The molecule has 1 heterocycles. The summed E-state index contributed by atoms with van der Waals surface area (Å²) in [6, 6.07) is 14.9. The molecule has 3 nitrogen and oxygen atoms in total. The highest BCUT2D eigenvalue weighted by Crippen LogP contribution is 2.23. The monoisotopic (exact) mass is 318 g/mol. The molecule has 1 unspecified atom stereocenters. The molecule has 1 aromatic heterocycles. The number of aromatic amines is 1. The van der Waals surface area contributed by atoms with Crippen molar-refractivity contribution in [1.29, 1.82) is 0 Å². The zero-order valence-electron chi connectivity index (χ0n) is 14.1. The molecule has 0 fully saturated rings. The lowest BCUT2D eigenvalue weighted by Gasteiger charge is -2.25. The molecule has 1 amide bonds. The van der Waals surface area contributed by atoms with Crippen LogP contribution >= 0.6 is 0 Å². The first-order valence-corrected chi connectivity index (χ1v) is 8.58. The van der Waals surface area contributed by atoms with E-state index in [2.05, 4.69) is 60.5 Å². The number of rotatable bonds is 2. The van der Waals surface area contributed by atoms with Crippen molar-refractivity contribution in [3.05, 3.63) is 70.4 Å². The number of amides is 1. The quantitative estimate of drug-likeness (QED) is 0.735. The molecular formula is C21H22N2O. The summed E-state index contributed by atoms with van der Waals surface area (Å²) in [5.74, 6) is -0.00682. The smallest absolute Gasteiger partial charge is 0.267 e. The van der Waals surface area contributed by atoms with Crippen LogP contribution in [0.2, 0.25) is 0 Å². The van der Waals surface area contributed by atoms with Crippen molar-refractivity contribution in [3.8, 4) is 0 Å². The highest BCUT2D eigenvalue weighted by Gasteiger charge is 2.21. The Morgan fingerprint density at radius 3 is 2.75 bits per heavy atom. The molecule has 0 aliphatic heterocycles. The molecule has 1 aliphatic rings. The first-order chi connectivity index (χ1) is 11.6. The molecule has 122 valence electrons. The third-order valence-corrected chi connectivity index (χ3v) is 5.02. The minimum atomic E-state index is -0.00682. The van der Waals surface area contributed by atoms with Gasteiger partial charge in [-0.1, -0.05) is 30.3 Å². The summed E-state index contributed by atoms with van der Waals surface area (Å²) in [4.78, 5) is 15.9. The van der Waals surface area contributed by atoms with E-state index in [4.69, 9.17) is 0 Å². The third-order valence-electron chi connectivity index (χ3n) is 5.02. The highest BCUT2D eigenvalue weighted by atomic mass is 16.1. The summed E-state index contributed by atoms with van der Waals surface area (Å²) in [6.45, 7) is 4.16. The molecule has 4 rings (SSSR count). The van der Waals surface area contributed by atoms with Gasteiger partial charge in [-0.15, -0.1) is 0 Å². The van der Waals surface area contributed by atoms with Gasteiger partial charge in [0.15, 0.2) is 0 Å². The first kappa shape index (κ1) is 15.0. The van der Waals surface area contributed by atoms with Gasteiger partial charge in [-0.3, -0.25) is 4.79 Å². The number of H-pyrrole nitrogens is 1. The number of carbonyl (C=O) groups is 1. The Morgan fingerprint density at radius 1 is 1.12 bits per heavy atom. The average Bonchev–Trinajstić information content (AvgIpc) is 2.99. The minimum absolute atomic E-state index is 0.00682. The van der Waals surface area contributed by atoms with E-state index < -0.39 is 0 Å². The molecule has 0 saturated heterocycles. The Labute approximate surface area is 142 Å². The van der Waals surface area contributed by atoms with Gasteiger partial charge < -0.3 is 10.3 Å². The summed E-state index contributed by atoms with van der Waals surface area (Å²) >= 11 is 0. The van der Waals surface area contributed by atoms with E-state index in [0.29, 0.717) is 5.69 Å². The second-order valence-electron chi connectivity index (χ2n) is 6.91. The summed E-state index contributed by atoms with van der Waals surface area (Å²) < 4.78 is 0. The molecule has 0 radical (unpaired) electrons. The molecule has 1 aliphatic carbocycles. The SMILES string of the molecule is Cc1cc(C)c2cc(C(=O)NC3CCc4ccccc4C3)[nH]c2c1. The van der Waals surface area contributed by atoms with Gasteiger partial charge in [0, 0.05) is 16.9 Å². The lowest BCUT2D eigenvalue weighted by atomic mass is 9.88.